The van der Waals surface area contributed by atoms with Gasteiger partial charge in [-0.1, -0.05) is 112 Å². The summed E-state index contributed by atoms with van der Waals surface area (Å²) in [6.45, 7) is 6.84. The minimum absolute atomic E-state index is 0.0110. The molecular formula is C43H36N2O. The number of imidazole rings is 1. The quantitative estimate of drug-likeness (QED) is 0.203. The van der Waals surface area contributed by atoms with Crippen LogP contribution >= 0.6 is 0 Å². The Morgan fingerprint density at radius 1 is 0.652 bits per heavy atom. The molecule has 9 rings (SSSR count). The van der Waals surface area contributed by atoms with E-state index in [0.717, 1.165) is 62.9 Å². The number of fused-ring (bicyclic) bond motifs is 8. The van der Waals surface area contributed by atoms with E-state index in [1.807, 2.05) is 0 Å². The van der Waals surface area contributed by atoms with Gasteiger partial charge in [-0.05, 0) is 83.0 Å². The highest BCUT2D eigenvalue weighted by Gasteiger charge is 2.25. The molecule has 1 aliphatic rings. The molecule has 3 heteroatoms. The van der Waals surface area contributed by atoms with Crippen LogP contribution in [0.2, 0.25) is 0 Å². The number of aryl methyl sites for hydroxylation is 2. The Labute approximate surface area is 269 Å². The standard InChI is InChI=1S/C43H36N2O/c1-43(2,3)30-22-25-37(36(26-30)27-12-5-4-6-13-27)45-38-24-21-28-14-7-9-16-31(28)39(38)44-42(45)35-19-11-18-33-34-23-20-29-15-8-10-17-32(29)40(34)46-41(33)35/h4-7,9,11-14,16,18-26H,8,10,15,17H2,1-3H3. The Kier molecular flexibility index (Phi) is 6.02. The average molecular weight is 597 g/mol. The van der Waals surface area contributed by atoms with Crippen molar-refractivity contribution in [3.05, 3.63) is 132 Å². The highest BCUT2D eigenvalue weighted by molar-refractivity contribution is 6.12. The predicted octanol–water partition coefficient (Wildman–Crippen LogP) is 11.6. The highest BCUT2D eigenvalue weighted by atomic mass is 16.3. The summed E-state index contributed by atoms with van der Waals surface area (Å²) in [6.07, 6.45) is 4.67. The van der Waals surface area contributed by atoms with Gasteiger partial charge in [0.2, 0.25) is 0 Å². The Bertz CT molecular complexity index is 2450. The zero-order valence-electron chi connectivity index (χ0n) is 26.6. The number of hydrogen-bond donors (Lipinski definition) is 0. The van der Waals surface area contributed by atoms with Crippen molar-refractivity contribution < 1.29 is 4.42 Å². The van der Waals surface area contributed by atoms with Crippen LogP contribution in [-0.2, 0) is 18.3 Å². The summed E-state index contributed by atoms with van der Waals surface area (Å²) in [5.41, 5.74) is 12.7. The monoisotopic (exact) mass is 596 g/mol. The van der Waals surface area contributed by atoms with E-state index in [9.17, 15) is 0 Å². The summed E-state index contributed by atoms with van der Waals surface area (Å²) < 4.78 is 9.31. The maximum Gasteiger partial charge on any atom is 0.149 e. The lowest BCUT2D eigenvalue weighted by Gasteiger charge is -2.23. The van der Waals surface area contributed by atoms with E-state index in [4.69, 9.17) is 9.40 Å². The number of para-hydroxylation sites is 1. The molecule has 224 valence electrons. The van der Waals surface area contributed by atoms with Crippen LogP contribution in [0.3, 0.4) is 0 Å². The molecule has 0 saturated carbocycles. The largest absolute Gasteiger partial charge is 0.455 e. The van der Waals surface area contributed by atoms with E-state index < -0.39 is 0 Å². The van der Waals surface area contributed by atoms with Crippen molar-refractivity contribution in [3.8, 4) is 28.2 Å². The molecule has 0 spiro atoms. The fraction of sp³-hybridized carbons (Fsp3) is 0.186. The van der Waals surface area contributed by atoms with Crippen LogP contribution in [0, 0.1) is 0 Å². The zero-order chi connectivity index (χ0) is 31.0. The number of aromatic nitrogens is 2. The molecule has 3 nitrogen and oxygen atoms in total. The average Bonchev–Trinajstić information content (AvgIpc) is 3.67. The molecular weight excluding hydrogens is 560 g/mol. The van der Waals surface area contributed by atoms with Crippen LogP contribution in [0.15, 0.2) is 120 Å². The van der Waals surface area contributed by atoms with E-state index in [-0.39, 0.29) is 5.41 Å². The SMILES string of the molecule is CC(C)(C)c1ccc(-n2c(-c3cccc4c3oc3c5c(ccc34)CCCC5)nc3c4ccccc4ccc32)c(-c2ccccc2)c1. The summed E-state index contributed by atoms with van der Waals surface area (Å²) in [5, 5.41) is 4.69. The number of hydrogen-bond acceptors (Lipinski definition) is 2. The van der Waals surface area contributed by atoms with Crippen molar-refractivity contribution in [2.24, 2.45) is 0 Å². The molecule has 6 aromatic carbocycles. The van der Waals surface area contributed by atoms with Gasteiger partial charge in [0.05, 0.1) is 22.3 Å². The van der Waals surface area contributed by atoms with Gasteiger partial charge in [-0.15, -0.1) is 0 Å². The Balaban J connectivity index is 1.40. The molecule has 0 fully saturated rings. The first-order valence-corrected chi connectivity index (χ1v) is 16.5. The molecule has 0 amide bonds. The molecule has 46 heavy (non-hydrogen) atoms. The van der Waals surface area contributed by atoms with E-state index in [2.05, 4.69) is 141 Å². The summed E-state index contributed by atoms with van der Waals surface area (Å²) >= 11 is 0. The van der Waals surface area contributed by atoms with Crippen LogP contribution in [0.5, 0.6) is 0 Å². The van der Waals surface area contributed by atoms with Crippen molar-refractivity contribution in [2.75, 3.05) is 0 Å². The maximum absolute atomic E-state index is 6.94. The third-order valence-corrected chi connectivity index (χ3v) is 9.97. The second-order valence-corrected chi connectivity index (χ2v) is 13.8. The molecule has 0 aliphatic heterocycles. The van der Waals surface area contributed by atoms with Crippen LogP contribution in [-0.4, -0.2) is 9.55 Å². The van der Waals surface area contributed by atoms with Crippen molar-refractivity contribution >= 4 is 43.7 Å². The van der Waals surface area contributed by atoms with Crippen LogP contribution in [0.25, 0.3) is 71.9 Å². The molecule has 8 aromatic rings. The third kappa shape index (κ3) is 4.15. The molecule has 2 aromatic heterocycles. The summed E-state index contributed by atoms with van der Waals surface area (Å²) in [5.74, 6) is 0.894. The third-order valence-electron chi connectivity index (χ3n) is 9.97. The number of furan rings is 1. The maximum atomic E-state index is 6.94. The Hall–Kier alpha value is -5.15. The molecule has 0 atom stereocenters. The number of nitrogens with zero attached hydrogens (tertiary/aromatic N) is 2. The van der Waals surface area contributed by atoms with Crippen LogP contribution in [0.1, 0.15) is 50.3 Å². The first kappa shape index (κ1) is 27.2. The summed E-state index contributed by atoms with van der Waals surface area (Å²) in [7, 11) is 0. The normalized spacial score (nSPS) is 13.6. The van der Waals surface area contributed by atoms with E-state index in [1.165, 1.54) is 51.4 Å². The van der Waals surface area contributed by atoms with Gasteiger partial charge in [-0.25, -0.2) is 4.98 Å². The first-order chi connectivity index (χ1) is 22.5. The summed E-state index contributed by atoms with van der Waals surface area (Å²) in [6, 6.07) is 41.9. The molecule has 0 unspecified atom stereocenters. The van der Waals surface area contributed by atoms with Gasteiger partial charge in [-0.2, -0.15) is 0 Å². The molecule has 0 bridgehead atoms. The lowest BCUT2D eigenvalue weighted by Crippen LogP contribution is -2.12. The number of benzene rings is 6. The van der Waals surface area contributed by atoms with E-state index >= 15 is 0 Å². The Morgan fingerprint density at radius 2 is 1.43 bits per heavy atom. The summed E-state index contributed by atoms with van der Waals surface area (Å²) in [4.78, 5) is 5.50. The van der Waals surface area contributed by atoms with Gasteiger partial charge in [0.15, 0.2) is 0 Å². The lowest BCUT2D eigenvalue weighted by molar-refractivity contribution is 0.590. The van der Waals surface area contributed by atoms with E-state index in [0.29, 0.717) is 0 Å². The minimum Gasteiger partial charge on any atom is -0.455 e. The van der Waals surface area contributed by atoms with Gasteiger partial charge < -0.3 is 4.42 Å². The second kappa shape index (κ2) is 10.2. The molecule has 0 radical (unpaired) electrons. The van der Waals surface area contributed by atoms with Gasteiger partial charge >= 0.3 is 0 Å². The first-order valence-electron chi connectivity index (χ1n) is 16.5. The predicted molar refractivity (Wildman–Crippen MR) is 192 cm³/mol. The number of rotatable bonds is 3. The van der Waals surface area contributed by atoms with Crippen molar-refractivity contribution in [2.45, 2.75) is 51.9 Å². The Morgan fingerprint density at radius 3 is 2.30 bits per heavy atom. The topological polar surface area (TPSA) is 31.0 Å². The van der Waals surface area contributed by atoms with Gasteiger partial charge in [0.1, 0.15) is 17.0 Å². The molecule has 0 saturated heterocycles. The fourth-order valence-corrected chi connectivity index (χ4v) is 7.54. The van der Waals surface area contributed by atoms with Crippen LogP contribution in [0.4, 0.5) is 0 Å². The lowest BCUT2D eigenvalue weighted by atomic mass is 9.85. The molecule has 1 aliphatic carbocycles. The van der Waals surface area contributed by atoms with Gasteiger partial charge in [-0.3, -0.25) is 4.57 Å². The van der Waals surface area contributed by atoms with E-state index in [1.54, 1.807) is 0 Å². The minimum atomic E-state index is 0.0110. The fourth-order valence-electron chi connectivity index (χ4n) is 7.54. The van der Waals surface area contributed by atoms with Gasteiger partial charge in [0, 0.05) is 21.7 Å². The smallest absolute Gasteiger partial charge is 0.149 e. The molecule has 0 N–H and O–H groups in total. The van der Waals surface area contributed by atoms with Crippen molar-refractivity contribution in [1.82, 2.24) is 9.55 Å². The van der Waals surface area contributed by atoms with Gasteiger partial charge in [0.25, 0.3) is 0 Å². The second-order valence-electron chi connectivity index (χ2n) is 13.8. The molecule has 2 heterocycles. The van der Waals surface area contributed by atoms with Crippen molar-refractivity contribution in [1.29, 1.82) is 0 Å². The highest BCUT2D eigenvalue weighted by Crippen LogP contribution is 2.43. The van der Waals surface area contributed by atoms with Crippen LogP contribution < -0.4 is 0 Å². The van der Waals surface area contributed by atoms with Crippen molar-refractivity contribution in [3.63, 3.8) is 0 Å². The zero-order valence-corrected chi connectivity index (χ0v) is 26.6.